The molecule has 1 aromatic carbocycles. The standard InChI is InChI=1S/C12H16ClN3O2/c1-2-3-10(14)12(18)16-7-4-5-9(13)8(6-7)11(15)17/h4-6,10H,2-3,14H2,1H3,(H2,15,17)(H,16,18). The lowest BCUT2D eigenvalue weighted by molar-refractivity contribution is -0.117. The molecule has 0 bridgehead atoms. The average Bonchev–Trinajstić information content (AvgIpc) is 2.31. The number of rotatable bonds is 5. The van der Waals surface area contributed by atoms with Gasteiger partial charge in [0.2, 0.25) is 11.8 Å². The minimum Gasteiger partial charge on any atom is -0.366 e. The number of carbonyl (C=O) groups excluding carboxylic acids is 2. The van der Waals surface area contributed by atoms with Gasteiger partial charge in [-0.2, -0.15) is 0 Å². The van der Waals surface area contributed by atoms with Crippen molar-refractivity contribution < 1.29 is 9.59 Å². The van der Waals surface area contributed by atoms with E-state index in [1.54, 1.807) is 6.07 Å². The first-order chi connectivity index (χ1) is 8.45. The summed E-state index contributed by atoms with van der Waals surface area (Å²) >= 11 is 5.80. The summed E-state index contributed by atoms with van der Waals surface area (Å²) in [6.07, 6.45) is 1.42. The zero-order valence-corrected chi connectivity index (χ0v) is 10.8. The van der Waals surface area contributed by atoms with E-state index in [4.69, 9.17) is 23.1 Å². The summed E-state index contributed by atoms with van der Waals surface area (Å²) < 4.78 is 0. The molecule has 0 aliphatic rings. The third-order valence-electron chi connectivity index (χ3n) is 2.44. The van der Waals surface area contributed by atoms with E-state index in [0.29, 0.717) is 12.1 Å². The van der Waals surface area contributed by atoms with Crippen LogP contribution in [0, 0.1) is 0 Å². The third kappa shape index (κ3) is 3.72. The highest BCUT2D eigenvalue weighted by Crippen LogP contribution is 2.20. The van der Waals surface area contributed by atoms with Crippen LogP contribution in [0.3, 0.4) is 0 Å². The van der Waals surface area contributed by atoms with Crippen LogP contribution in [0.5, 0.6) is 0 Å². The highest BCUT2D eigenvalue weighted by Gasteiger charge is 2.14. The van der Waals surface area contributed by atoms with Gasteiger partial charge in [-0.3, -0.25) is 9.59 Å². The molecule has 0 fully saturated rings. The molecular formula is C12H16ClN3O2. The number of benzene rings is 1. The van der Waals surface area contributed by atoms with Crippen LogP contribution < -0.4 is 16.8 Å². The lowest BCUT2D eigenvalue weighted by Gasteiger charge is -2.12. The number of primary amides is 1. The topological polar surface area (TPSA) is 98.2 Å². The molecule has 0 spiro atoms. The first kappa shape index (κ1) is 14.5. The van der Waals surface area contributed by atoms with E-state index in [9.17, 15) is 9.59 Å². The molecule has 1 atom stereocenters. The molecule has 0 aromatic heterocycles. The minimum absolute atomic E-state index is 0.165. The second-order valence-electron chi connectivity index (χ2n) is 3.94. The Kier molecular flexibility index (Phi) is 5.12. The van der Waals surface area contributed by atoms with Crippen molar-refractivity contribution in [1.82, 2.24) is 0 Å². The van der Waals surface area contributed by atoms with Crippen molar-refractivity contribution >= 4 is 29.1 Å². The van der Waals surface area contributed by atoms with Crippen molar-refractivity contribution in [3.63, 3.8) is 0 Å². The van der Waals surface area contributed by atoms with Gasteiger partial charge in [0.15, 0.2) is 0 Å². The summed E-state index contributed by atoms with van der Waals surface area (Å²) in [6.45, 7) is 1.95. The molecule has 0 saturated heterocycles. The molecule has 5 N–H and O–H groups in total. The summed E-state index contributed by atoms with van der Waals surface area (Å²) in [4.78, 5) is 22.8. The normalized spacial score (nSPS) is 11.9. The highest BCUT2D eigenvalue weighted by molar-refractivity contribution is 6.34. The molecule has 6 heteroatoms. The molecular weight excluding hydrogens is 254 g/mol. The number of anilines is 1. The van der Waals surface area contributed by atoms with E-state index in [1.165, 1.54) is 12.1 Å². The van der Waals surface area contributed by atoms with Gasteiger partial charge in [-0.15, -0.1) is 0 Å². The zero-order chi connectivity index (χ0) is 13.7. The van der Waals surface area contributed by atoms with Gasteiger partial charge < -0.3 is 16.8 Å². The SMILES string of the molecule is CCCC(N)C(=O)Nc1ccc(Cl)c(C(N)=O)c1. The molecule has 0 heterocycles. The van der Waals surface area contributed by atoms with Crippen LogP contribution in [-0.4, -0.2) is 17.9 Å². The summed E-state index contributed by atoms with van der Waals surface area (Å²) in [5.74, 6) is -0.941. The molecule has 0 saturated carbocycles. The Bertz CT molecular complexity index is 463. The van der Waals surface area contributed by atoms with Crippen LogP contribution >= 0.6 is 11.6 Å². The third-order valence-corrected chi connectivity index (χ3v) is 2.77. The Labute approximate surface area is 110 Å². The second kappa shape index (κ2) is 6.37. The predicted molar refractivity (Wildman–Crippen MR) is 71.5 cm³/mol. The van der Waals surface area contributed by atoms with E-state index < -0.39 is 11.9 Å². The Morgan fingerprint density at radius 1 is 1.44 bits per heavy atom. The molecule has 0 aliphatic carbocycles. The van der Waals surface area contributed by atoms with Crippen LogP contribution in [0.2, 0.25) is 5.02 Å². The number of amides is 2. The lowest BCUT2D eigenvalue weighted by atomic mass is 10.1. The van der Waals surface area contributed by atoms with Crippen LogP contribution in [0.25, 0.3) is 0 Å². The zero-order valence-electron chi connectivity index (χ0n) is 10.1. The largest absolute Gasteiger partial charge is 0.366 e. The summed E-state index contributed by atoms with van der Waals surface area (Å²) in [6, 6.07) is 3.96. The maximum atomic E-state index is 11.7. The monoisotopic (exact) mass is 269 g/mol. The Hall–Kier alpha value is -1.59. The van der Waals surface area contributed by atoms with Crippen molar-refractivity contribution in [3.8, 4) is 0 Å². The summed E-state index contributed by atoms with van der Waals surface area (Å²) in [5.41, 5.74) is 11.4. The van der Waals surface area contributed by atoms with Crippen molar-refractivity contribution in [2.24, 2.45) is 11.5 Å². The number of nitrogens with one attached hydrogen (secondary N) is 1. The van der Waals surface area contributed by atoms with E-state index in [-0.39, 0.29) is 16.5 Å². The van der Waals surface area contributed by atoms with E-state index >= 15 is 0 Å². The van der Waals surface area contributed by atoms with Crippen molar-refractivity contribution in [2.45, 2.75) is 25.8 Å². The van der Waals surface area contributed by atoms with E-state index in [1.807, 2.05) is 6.92 Å². The second-order valence-corrected chi connectivity index (χ2v) is 4.35. The molecule has 18 heavy (non-hydrogen) atoms. The van der Waals surface area contributed by atoms with Crippen molar-refractivity contribution in [1.29, 1.82) is 0 Å². The van der Waals surface area contributed by atoms with Gasteiger partial charge in [-0.25, -0.2) is 0 Å². The Balaban J connectivity index is 2.82. The molecule has 2 amide bonds. The smallest absolute Gasteiger partial charge is 0.250 e. The molecule has 1 aromatic rings. The Morgan fingerprint density at radius 3 is 2.67 bits per heavy atom. The number of nitrogens with two attached hydrogens (primary N) is 2. The van der Waals surface area contributed by atoms with Crippen molar-refractivity contribution in [2.75, 3.05) is 5.32 Å². The lowest BCUT2D eigenvalue weighted by Crippen LogP contribution is -2.35. The van der Waals surface area contributed by atoms with Crippen LogP contribution in [0.4, 0.5) is 5.69 Å². The van der Waals surface area contributed by atoms with Crippen molar-refractivity contribution in [3.05, 3.63) is 28.8 Å². The summed E-state index contributed by atoms with van der Waals surface area (Å²) in [5, 5.41) is 2.87. The maximum absolute atomic E-state index is 11.7. The Morgan fingerprint density at radius 2 is 2.11 bits per heavy atom. The molecule has 98 valence electrons. The fourth-order valence-electron chi connectivity index (χ4n) is 1.47. The van der Waals surface area contributed by atoms with E-state index in [2.05, 4.69) is 5.32 Å². The van der Waals surface area contributed by atoms with E-state index in [0.717, 1.165) is 6.42 Å². The molecule has 1 unspecified atom stereocenters. The van der Waals surface area contributed by atoms with Crippen LogP contribution in [0.15, 0.2) is 18.2 Å². The number of hydrogen-bond acceptors (Lipinski definition) is 3. The number of hydrogen-bond donors (Lipinski definition) is 3. The van der Waals surface area contributed by atoms with Gasteiger partial charge in [-0.1, -0.05) is 24.9 Å². The van der Waals surface area contributed by atoms with Gasteiger partial charge in [0.05, 0.1) is 16.6 Å². The first-order valence-electron chi connectivity index (χ1n) is 5.61. The van der Waals surface area contributed by atoms with Crippen LogP contribution in [0.1, 0.15) is 30.1 Å². The fourth-order valence-corrected chi connectivity index (χ4v) is 1.68. The molecule has 0 radical (unpaired) electrons. The number of carbonyl (C=O) groups is 2. The van der Waals surface area contributed by atoms with Gasteiger partial charge >= 0.3 is 0 Å². The summed E-state index contributed by atoms with van der Waals surface area (Å²) in [7, 11) is 0. The molecule has 0 aliphatic heterocycles. The first-order valence-corrected chi connectivity index (χ1v) is 5.99. The fraction of sp³-hybridized carbons (Fsp3) is 0.333. The molecule has 5 nitrogen and oxygen atoms in total. The van der Waals surface area contributed by atoms with Gasteiger partial charge in [0, 0.05) is 5.69 Å². The van der Waals surface area contributed by atoms with Gasteiger partial charge in [-0.05, 0) is 24.6 Å². The van der Waals surface area contributed by atoms with Crippen LogP contribution in [-0.2, 0) is 4.79 Å². The average molecular weight is 270 g/mol. The highest BCUT2D eigenvalue weighted by atomic mass is 35.5. The minimum atomic E-state index is -0.644. The quantitative estimate of drug-likeness (QED) is 0.755. The van der Waals surface area contributed by atoms with Gasteiger partial charge in [0.25, 0.3) is 0 Å². The predicted octanol–water partition coefficient (Wildman–Crippen LogP) is 1.50. The number of halogens is 1. The maximum Gasteiger partial charge on any atom is 0.250 e. The van der Waals surface area contributed by atoms with Gasteiger partial charge in [0.1, 0.15) is 0 Å². The molecule has 1 rings (SSSR count).